The Balaban J connectivity index is -0.000000285. The molecule has 17 heavy (non-hydrogen) atoms. The molecule has 0 aromatic heterocycles. The summed E-state index contributed by atoms with van der Waals surface area (Å²) in [6.07, 6.45) is 4.59. The van der Waals surface area contributed by atoms with Crippen LogP contribution in [-0.2, 0) is 0 Å². The molecule has 0 fully saturated rings. The van der Waals surface area contributed by atoms with Gasteiger partial charge in [-0.1, -0.05) is 91.8 Å². The number of hydrogen-bond acceptors (Lipinski definition) is 0. The fraction of sp³-hybridized carbons (Fsp3) is 0.529. The molecule has 1 rings (SSSR count). The summed E-state index contributed by atoms with van der Waals surface area (Å²) >= 11 is 0. The van der Waals surface area contributed by atoms with Gasteiger partial charge in [0, 0.05) is 0 Å². The van der Waals surface area contributed by atoms with E-state index in [4.69, 9.17) is 0 Å². The Morgan fingerprint density at radius 3 is 1.82 bits per heavy atom. The van der Waals surface area contributed by atoms with E-state index in [1.807, 2.05) is 53.7 Å². The Bertz CT molecular complexity index is 309. The Labute approximate surface area is 109 Å². The van der Waals surface area contributed by atoms with Crippen molar-refractivity contribution in [2.24, 2.45) is 0 Å². The lowest BCUT2D eigenvalue weighted by atomic mass is 10.2. The smallest absolute Gasteiger partial charge is 0.0230 e. The van der Waals surface area contributed by atoms with E-state index in [1.54, 1.807) is 0 Å². The molecule has 0 aliphatic heterocycles. The zero-order valence-corrected chi connectivity index (χ0v) is 13.0. The maximum atomic E-state index is 3.94. The summed E-state index contributed by atoms with van der Waals surface area (Å²) in [7, 11) is 0. The molecule has 0 bridgehead atoms. The summed E-state index contributed by atoms with van der Waals surface area (Å²) in [5.74, 6) is 0. The van der Waals surface area contributed by atoms with Gasteiger partial charge in [-0.05, 0) is 16.9 Å². The van der Waals surface area contributed by atoms with Gasteiger partial charge in [0.25, 0.3) is 0 Å². The van der Waals surface area contributed by atoms with Crippen molar-refractivity contribution in [3.05, 3.63) is 34.7 Å². The minimum absolute atomic E-state index is 1.13. The molecule has 0 amide bonds. The van der Waals surface area contributed by atoms with Crippen LogP contribution in [0.15, 0.2) is 24.3 Å². The fourth-order valence-corrected chi connectivity index (χ4v) is 1.03. The van der Waals surface area contributed by atoms with Gasteiger partial charge in [0.2, 0.25) is 0 Å². The van der Waals surface area contributed by atoms with Crippen LogP contribution in [0, 0.1) is 0 Å². The molecule has 0 aliphatic carbocycles. The first-order chi connectivity index (χ1) is 8.34. The summed E-state index contributed by atoms with van der Waals surface area (Å²) in [4.78, 5) is 0. The molecule has 1 aromatic rings. The van der Waals surface area contributed by atoms with Gasteiger partial charge in [0.15, 0.2) is 0 Å². The second-order valence-corrected chi connectivity index (χ2v) is 2.69. The van der Waals surface area contributed by atoms with Crippen molar-refractivity contribution in [2.75, 3.05) is 0 Å². The van der Waals surface area contributed by atoms with Crippen LogP contribution in [0.4, 0.5) is 0 Å². The molecule has 0 atom stereocenters. The molecule has 1 aromatic carbocycles. The van der Waals surface area contributed by atoms with E-state index in [0.29, 0.717) is 0 Å². The van der Waals surface area contributed by atoms with Crippen LogP contribution in [0.25, 0.3) is 12.7 Å². The molecule has 0 heteroatoms. The topological polar surface area (TPSA) is 0 Å². The maximum absolute atomic E-state index is 3.94. The average Bonchev–Trinajstić information content (AvgIpc) is 2.45. The maximum Gasteiger partial charge on any atom is -0.0230 e. The van der Waals surface area contributed by atoms with Crippen LogP contribution in [0.3, 0.4) is 0 Å². The zero-order valence-electron chi connectivity index (χ0n) is 13.0. The number of benzene rings is 1. The molecule has 0 aliphatic rings. The van der Waals surface area contributed by atoms with Crippen molar-refractivity contribution < 1.29 is 0 Å². The minimum Gasteiger partial charge on any atom is -0.0912 e. The van der Waals surface area contributed by atoms with E-state index in [9.17, 15) is 0 Å². The van der Waals surface area contributed by atoms with Gasteiger partial charge in [0.05, 0.1) is 0 Å². The summed E-state index contributed by atoms with van der Waals surface area (Å²) in [6.45, 7) is 18.1. The highest BCUT2D eigenvalue weighted by molar-refractivity contribution is 5.25. The van der Waals surface area contributed by atoms with Crippen molar-refractivity contribution in [3.63, 3.8) is 0 Å². The molecule has 0 heterocycles. The Kier molecular flexibility index (Phi) is 25.5. The largest absolute Gasteiger partial charge is 0.0912 e. The lowest BCUT2D eigenvalue weighted by Gasteiger charge is -1.87. The first kappa shape index (κ1) is 21.3. The summed E-state index contributed by atoms with van der Waals surface area (Å²) < 4.78 is 0. The molecule has 0 N–H and O–H groups in total. The molecule has 0 saturated carbocycles. The molecule has 0 spiro atoms. The summed E-state index contributed by atoms with van der Waals surface area (Å²) in [6, 6.07) is 8.22. The molecule has 0 saturated heterocycles. The van der Waals surface area contributed by atoms with E-state index < -0.39 is 0 Å². The highest BCUT2D eigenvalue weighted by Gasteiger charge is 1.79. The van der Waals surface area contributed by atoms with Crippen molar-refractivity contribution in [1.29, 1.82) is 0 Å². The molecule has 0 unspecified atom stereocenters. The molecular formula is C17H32. The number of rotatable bonds is 2. The monoisotopic (exact) mass is 236 g/mol. The predicted molar refractivity (Wildman–Crippen MR) is 84.6 cm³/mol. The van der Waals surface area contributed by atoms with Crippen molar-refractivity contribution in [1.82, 2.24) is 0 Å². The van der Waals surface area contributed by atoms with Gasteiger partial charge >= 0.3 is 0 Å². The van der Waals surface area contributed by atoms with Gasteiger partial charge in [-0.25, -0.2) is 0 Å². The summed E-state index contributed by atoms with van der Waals surface area (Å²) in [5.41, 5.74) is 0. The van der Waals surface area contributed by atoms with Gasteiger partial charge in [-0.2, -0.15) is 0 Å². The second-order valence-electron chi connectivity index (χ2n) is 2.69. The van der Waals surface area contributed by atoms with E-state index in [2.05, 4.69) is 31.7 Å². The van der Waals surface area contributed by atoms with E-state index in [-0.39, 0.29) is 0 Å². The third-order valence-electron chi connectivity index (χ3n) is 1.71. The van der Waals surface area contributed by atoms with E-state index >= 15 is 0 Å². The van der Waals surface area contributed by atoms with Crippen LogP contribution in [0.1, 0.15) is 61.3 Å². The Morgan fingerprint density at radius 1 is 0.941 bits per heavy atom. The molecule has 0 radical (unpaired) electrons. The second kappa shape index (κ2) is 20.4. The molecule has 0 nitrogen and oxygen atoms in total. The predicted octanol–water partition coefficient (Wildman–Crippen LogP) is 4.76. The SMILES string of the molecule is C=c1cccc/c1=C/CCC.CC.CC.CC. The fourth-order valence-electron chi connectivity index (χ4n) is 1.03. The van der Waals surface area contributed by atoms with Crippen LogP contribution in [-0.4, -0.2) is 0 Å². The zero-order chi connectivity index (χ0) is 14.1. The van der Waals surface area contributed by atoms with Gasteiger partial charge in [0.1, 0.15) is 0 Å². The van der Waals surface area contributed by atoms with Gasteiger partial charge in [-0.15, -0.1) is 0 Å². The highest BCUT2D eigenvalue weighted by Crippen LogP contribution is 1.85. The Hall–Kier alpha value is -1.04. The van der Waals surface area contributed by atoms with Crippen molar-refractivity contribution in [2.45, 2.75) is 61.3 Å². The van der Waals surface area contributed by atoms with Crippen LogP contribution >= 0.6 is 0 Å². The van der Waals surface area contributed by atoms with Crippen molar-refractivity contribution in [3.8, 4) is 0 Å². The highest BCUT2D eigenvalue weighted by atomic mass is 13.8. The van der Waals surface area contributed by atoms with Crippen molar-refractivity contribution >= 4 is 12.7 Å². The lowest BCUT2D eigenvalue weighted by Crippen LogP contribution is -2.21. The first-order valence-corrected chi connectivity index (χ1v) is 7.08. The van der Waals surface area contributed by atoms with Crippen LogP contribution in [0.2, 0.25) is 0 Å². The number of unbranched alkanes of at least 4 members (excludes halogenated alkanes) is 1. The van der Waals surface area contributed by atoms with E-state index in [1.165, 1.54) is 11.6 Å². The van der Waals surface area contributed by atoms with Gasteiger partial charge in [-0.3, -0.25) is 0 Å². The molecular weight excluding hydrogens is 204 g/mol. The number of hydrogen-bond donors (Lipinski definition) is 0. The summed E-state index contributed by atoms with van der Waals surface area (Å²) in [5, 5.41) is 2.40. The standard InChI is InChI=1S/C11H14.3C2H6/c1-3-4-8-11-9-6-5-7-10(11)2;3*1-2/h5-9H,2-4H2,1H3;3*1-2H3/b11-8-;;;. The van der Waals surface area contributed by atoms with Gasteiger partial charge < -0.3 is 0 Å². The van der Waals surface area contributed by atoms with Crippen LogP contribution < -0.4 is 10.4 Å². The van der Waals surface area contributed by atoms with Crippen LogP contribution in [0.5, 0.6) is 0 Å². The van der Waals surface area contributed by atoms with E-state index in [0.717, 1.165) is 11.6 Å². The first-order valence-electron chi connectivity index (χ1n) is 7.08. The Morgan fingerprint density at radius 2 is 1.41 bits per heavy atom. The normalized spacial score (nSPS) is 8.76. The molecule has 100 valence electrons. The minimum atomic E-state index is 1.13. The average molecular weight is 236 g/mol. The third-order valence-corrected chi connectivity index (χ3v) is 1.71. The lowest BCUT2D eigenvalue weighted by molar-refractivity contribution is 0.991. The third kappa shape index (κ3) is 12.9. The quantitative estimate of drug-likeness (QED) is 0.695.